The first-order valence-corrected chi connectivity index (χ1v) is 10.4. The van der Waals surface area contributed by atoms with Crippen LogP contribution in [0.15, 0.2) is 67.1 Å². The highest BCUT2D eigenvalue weighted by Crippen LogP contribution is 2.37. The molecular weight excluding hydrogens is 356 g/mol. The van der Waals surface area contributed by atoms with E-state index in [2.05, 4.69) is 84.1 Å². The second-order valence-electron chi connectivity index (χ2n) is 8.20. The molecule has 1 aliphatic heterocycles. The van der Waals surface area contributed by atoms with E-state index in [4.69, 9.17) is 9.97 Å². The van der Waals surface area contributed by atoms with Crippen LogP contribution in [0.3, 0.4) is 0 Å². The van der Waals surface area contributed by atoms with Crippen LogP contribution in [0.1, 0.15) is 25.3 Å². The second kappa shape index (κ2) is 7.36. The zero-order valence-electron chi connectivity index (χ0n) is 17.0. The molecule has 0 N–H and O–H groups in total. The Morgan fingerprint density at radius 3 is 2.52 bits per heavy atom. The maximum atomic E-state index is 4.77. The third-order valence-corrected chi connectivity index (χ3v) is 5.92. The molecule has 4 aromatic rings. The Kier molecular flexibility index (Phi) is 4.55. The third kappa shape index (κ3) is 3.29. The van der Waals surface area contributed by atoms with Gasteiger partial charge in [-0.2, -0.15) is 0 Å². The van der Waals surface area contributed by atoms with Gasteiger partial charge in [0.25, 0.3) is 0 Å². The molecule has 0 radical (unpaired) electrons. The zero-order valence-corrected chi connectivity index (χ0v) is 17.0. The molecule has 0 unspecified atom stereocenters. The summed E-state index contributed by atoms with van der Waals surface area (Å²) in [4.78, 5) is 11.9. The molecule has 0 bridgehead atoms. The van der Waals surface area contributed by atoms with Gasteiger partial charge in [0.15, 0.2) is 5.65 Å². The molecule has 5 rings (SSSR count). The van der Waals surface area contributed by atoms with Gasteiger partial charge in [0.1, 0.15) is 12.1 Å². The lowest BCUT2D eigenvalue weighted by atomic mass is 9.99. The summed E-state index contributed by atoms with van der Waals surface area (Å²) in [7, 11) is 0. The van der Waals surface area contributed by atoms with E-state index in [-0.39, 0.29) is 0 Å². The predicted molar refractivity (Wildman–Crippen MR) is 120 cm³/mol. The molecule has 0 amide bonds. The van der Waals surface area contributed by atoms with Crippen molar-refractivity contribution in [1.82, 2.24) is 14.5 Å². The SMILES string of the molecule is Cc1ccc(-n2cc(-c3ccccc3)c3c(N4CCC[C@H](C)C4)ncnc32)cc1. The minimum absolute atomic E-state index is 0.688. The van der Waals surface area contributed by atoms with Gasteiger partial charge in [-0.05, 0) is 43.4 Å². The fourth-order valence-corrected chi connectivity index (χ4v) is 4.41. The summed E-state index contributed by atoms with van der Waals surface area (Å²) in [5.41, 5.74) is 5.74. The lowest BCUT2D eigenvalue weighted by molar-refractivity contribution is 0.445. The normalized spacial score (nSPS) is 17.0. The molecule has 0 aliphatic carbocycles. The highest BCUT2D eigenvalue weighted by Gasteiger charge is 2.24. The van der Waals surface area contributed by atoms with Crippen molar-refractivity contribution in [3.63, 3.8) is 0 Å². The molecule has 0 saturated carbocycles. The van der Waals surface area contributed by atoms with Gasteiger partial charge in [-0.15, -0.1) is 0 Å². The minimum Gasteiger partial charge on any atom is -0.356 e. The Morgan fingerprint density at radius 2 is 1.76 bits per heavy atom. The topological polar surface area (TPSA) is 34.0 Å². The fraction of sp³-hybridized carbons (Fsp3) is 0.280. The van der Waals surface area contributed by atoms with Gasteiger partial charge >= 0.3 is 0 Å². The Hall–Kier alpha value is -3.14. The zero-order chi connectivity index (χ0) is 19.8. The molecule has 1 atom stereocenters. The summed E-state index contributed by atoms with van der Waals surface area (Å²) in [6.07, 6.45) is 6.44. The van der Waals surface area contributed by atoms with Crippen LogP contribution in [-0.2, 0) is 0 Å². The van der Waals surface area contributed by atoms with Gasteiger partial charge in [-0.3, -0.25) is 0 Å². The number of rotatable bonds is 3. The maximum Gasteiger partial charge on any atom is 0.150 e. The van der Waals surface area contributed by atoms with Crippen molar-refractivity contribution in [1.29, 1.82) is 0 Å². The number of piperidine rings is 1. The largest absolute Gasteiger partial charge is 0.356 e. The molecular formula is C25H26N4. The van der Waals surface area contributed by atoms with Gasteiger partial charge in [0, 0.05) is 30.5 Å². The summed E-state index contributed by atoms with van der Waals surface area (Å²) in [6.45, 7) is 6.56. The first-order chi connectivity index (χ1) is 14.2. The molecule has 2 aromatic carbocycles. The van der Waals surface area contributed by atoms with Crippen molar-refractivity contribution >= 4 is 16.9 Å². The highest BCUT2D eigenvalue weighted by atomic mass is 15.2. The van der Waals surface area contributed by atoms with Crippen molar-refractivity contribution in [2.75, 3.05) is 18.0 Å². The van der Waals surface area contributed by atoms with E-state index in [1.807, 2.05) is 0 Å². The maximum absolute atomic E-state index is 4.77. The number of benzene rings is 2. The van der Waals surface area contributed by atoms with E-state index < -0.39 is 0 Å². The minimum atomic E-state index is 0.688. The molecule has 1 aliphatic rings. The van der Waals surface area contributed by atoms with Crippen LogP contribution in [0.25, 0.3) is 27.8 Å². The molecule has 0 spiro atoms. The van der Waals surface area contributed by atoms with Crippen LogP contribution in [0, 0.1) is 12.8 Å². The molecule has 1 saturated heterocycles. The number of anilines is 1. The predicted octanol–water partition coefficient (Wildman–Crippen LogP) is 5.63. The first kappa shape index (κ1) is 17.9. The molecule has 4 nitrogen and oxygen atoms in total. The van der Waals surface area contributed by atoms with Crippen molar-refractivity contribution in [2.24, 2.45) is 5.92 Å². The summed E-state index contributed by atoms with van der Waals surface area (Å²) in [5.74, 6) is 1.75. The van der Waals surface area contributed by atoms with Crippen molar-refractivity contribution < 1.29 is 0 Å². The van der Waals surface area contributed by atoms with Crippen molar-refractivity contribution in [2.45, 2.75) is 26.7 Å². The van der Waals surface area contributed by atoms with E-state index >= 15 is 0 Å². The molecule has 3 heterocycles. The third-order valence-electron chi connectivity index (χ3n) is 5.92. The van der Waals surface area contributed by atoms with Gasteiger partial charge in [0.05, 0.1) is 5.39 Å². The van der Waals surface area contributed by atoms with Crippen LogP contribution in [0.4, 0.5) is 5.82 Å². The van der Waals surface area contributed by atoms with Crippen LogP contribution in [0.5, 0.6) is 0 Å². The number of hydrogen-bond donors (Lipinski definition) is 0. The Morgan fingerprint density at radius 1 is 0.966 bits per heavy atom. The lowest BCUT2D eigenvalue weighted by Gasteiger charge is -2.32. The summed E-state index contributed by atoms with van der Waals surface area (Å²) in [6, 6.07) is 19.2. The van der Waals surface area contributed by atoms with Crippen LogP contribution in [-0.4, -0.2) is 27.6 Å². The van der Waals surface area contributed by atoms with Crippen molar-refractivity contribution in [3.8, 4) is 16.8 Å². The fourth-order valence-electron chi connectivity index (χ4n) is 4.41. The standard InChI is InChI=1S/C25H26N4/c1-18-10-12-21(13-11-18)29-16-22(20-8-4-3-5-9-20)23-24(26-17-27-25(23)29)28-14-6-7-19(2)15-28/h3-5,8-13,16-17,19H,6-7,14-15H2,1-2H3/t19-/m0/s1. The smallest absolute Gasteiger partial charge is 0.150 e. The van der Waals surface area contributed by atoms with Gasteiger partial charge in [0.2, 0.25) is 0 Å². The monoisotopic (exact) mass is 382 g/mol. The van der Waals surface area contributed by atoms with Gasteiger partial charge in [-0.1, -0.05) is 55.0 Å². The molecule has 1 fully saturated rings. The quantitative estimate of drug-likeness (QED) is 0.460. The molecule has 146 valence electrons. The van der Waals surface area contributed by atoms with Gasteiger partial charge < -0.3 is 9.47 Å². The van der Waals surface area contributed by atoms with Crippen LogP contribution in [0.2, 0.25) is 0 Å². The van der Waals surface area contributed by atoms with Gasteiger partial charge in [-0.25, -0.2) is 9.97 Å². The molecule has 4 heteroatoms. The Bertz CT molecular complexity index is 1130. The van der Waals surface area contributed by atoms with Crippen LogP contribution >= 0.6 is 0 Å². The number of aryl methyl sites for hydroxylation is 1. The molecule has 2 aromatic heterocycles. The van der Waals surface area contributed by atoms with Crippen LogP contribution < -0.4 is 4.90 Å². The van der Waals surface area contributed by atoms with E-state index in [0.29, 0.717) is 5.92 Å². The average molecular weight is 383 g/mol. The summed E-state index contributed by atoms with van der Waals surface area (Å²) in [5, 5.41) is 1.15. The highest BCUT2D eigenvalue weighted by molar-refractivity contribution is 6.02. The number of nitrogens with zero attached hydrogens (tertiary/aromatic N) is 4. The summed E-state index contributed by atoms with van der Waals surface area (Å²) >= 11 is 0. The first-order valence-electron chi connectivity index (χ1n) is 10.4. The summed E-state index contributed by atoms with van der Waals surface area (Å²) < 4.78 is 2.20. The van der Waals surface area contributed by atoms with E-state index in [0.717, 1.165) is 35.6 Å². The lowest BCUT2D eigenvalue weighted by Crippen LogP contribution is -2.35. The average Bonchev–Trinajstić information content (AvgIpc) is 3.15. The number of aromatic nitrogens is 3. The Balaban J connectivity index is 1.76. The second-order valence-corrected chi connectivity index (χ2v) is 8.20. The number of fused-ring (bicyclic) bond motifs is 1. The van der Waals surface area contributed by atoms with Crippen molar-refractivity contribution in [3.05, 3.63) is 72.7 Å². The van der Waals surface area contributed by atoms with E-state index in [1.165, 1.54) is 29.5 Å². The Labute approximate surface area is 171 Å². The van der Waals surface area contributed by atoms with E-state index in [1.54, 1.807) is 6.33 Å². The van der Waals surface area contributed by atoms with E-state index in [9.17, 15) is 0 Å². The number of hydrogen-bond acceptors (Lipinski definition) is 3. The molecule has 29 heavy (non-hydrogen) atoms.